The summed E-state index contributed by atoms with van der Waals surface area (Å²) in [5.41, 5.74) is 2.16. The zero-order valence-electron chi connectivity index (χ0n) is 11.2. The molecule has 3 nitrogen and oxygen atoms in total. The number of rotatable bonds is 4. The summed E-state index contributed by atoms with van der Waals surface area (Å²) in [6.45, 7) is 3.25. The van der Waals surface area contributed by atoms with Gasteiger partial charge in [0.15, 0.2) is 0 Å². The van der Waals surface area contributed by atoms with Crippen LogP contribution in [0.5, 0.6) is 0 Å². The van der Waals surface area contributed by atoms with Crippen molar-refractivity contribution in [3.8, 4) is 0 Å². The molecule has 19 heavy (non-hydrogen) atoms. The van der Waals surface area contributed by atoms with E-state index in [2.05, 4.69) is 56.6 Å². The number of hydrogen-bond donors (Lipinski definition) is 0. The Bertz CT molecular complexity index is 565. The van der Waals surface area contributed by atoms with Crippen LogP contribution in [0.25, 0.3) is 5.65 Å². The molecule has 1 saturated carbocycles. The maximum Gasteiger partial charge on any atom is 0.137 e. The Hall–Kier alpha value is -0.140. The van der Waals surface area contributed by atoms with E-state index in [0.717, 1.165) is 28.3 Å². The summed E-state index contributed by atoms with van der Waals surface area (Å²) >= 11 is 3.48. The minimum absolute atomic E-state index is 0. The molecule has 2 aromatic rings. The van der Waals surface area contributed by atoms with Crippen LogP contribution >= 0.6 is 39.9 Å². The van der Waals surface area contributed by atoms with E-state index in [1.807, 2.05) is 12.1 Å². The van der Waals surface area contributed by atoms with E-state index < -0.39 is 0 Å². The van der Waals surface area contributed by atoms with Gasteiger partial charge in [-0.05, 0) is 60.8 Å². The second-order valence-electron chi connectivity index (χ2n) is 5.34. The van der Waals surface area contributed by atoms with Gasteiger partial charge in [-0.2, -0.15) is 0 Å². The van der Waals surface area contributed by atoms with E-state index in [9.17, 15) is 0 Å². The molecule has 0 N–H and O–H groups in total. The molecule has 2 heterocycles. The maximum absolute atomic E-state index is 4.66. The van der Waals surface area contributed by atoms with E-state index in [4.69, 9.17) is 0 Å². The highest BCUT2D eigenvalue weighted by Crippen LogP contribution is 2.35. The van der Waals surface area contributed by atoms with Crippen LogP contribution in [0.15, 0.2) is 29.0 Å². The zero-order chi connectivity index (χ0) is 12.7. The Balaban J connectivity index is 0.00000133. The lowest BCUT2D eigenvalue weighted by Crippen LogP contribution is -2.30. The third-order valence-electron chi connectivity index (χ3n) is 3.88. The van der Waals surface area contributed by atoms with Crippen LogP contribution in [0.4, 0.5) is 0 Å². The van der Waals surface area contributed by atoms with Crippen molar-refractivity contribution in [3.63, 3.8) is 0 Å². The van der Waals surface area contributed by atoms with Crippen LogP contribution in [-0.4, -0.2) is 27.4 Å². The molecule has 0 radical (unpaired) electrons. The molecular weight excluding hydrogens is 417 g/mol. The van der Waals surface area contributed by atoms with Crippen molar-refractivity contribution in [3.05, 3.63) is 34.7 Å². The van der Waals surface area contributed by atoms with E-state index in [0.29, 0.717) is 6.04 Å². The lowest BCUT2D eigenvalue weighted by molar-refractivity contribution is 0.224. The van der Waals surface area contributed by atoms with Gasteiger partial charge in [0.1, 0.15) is 5.65 Å². The number of pyridine rings is 1. The average molecular weight is 436 g/mol. The molecule has 2 aromatic heterocycles. The van der Waals surface area contributed by atoms with Gasteiger partial charge in [0, 0.05) is 29.5 Å². The lowest BCUT2D eigenvalue weighted by atomic mass is 10.2. The first-order valence-electron chi connectivity index (χ1n) is 6.47. The quantitative estimate of drug-likeness (QED) is 0.678. The summed E-state index contributed by atoms with van der Waals surface area (Å²) in [5, 5.41) is 0. The molecule has 0 saturated heterocycles. The standard InChI is InChI=1S/C14H18BrN3.HI/c1-10(11-3-4-11)17(2)8-13-9-18-7-12(15)5-6-14(18)16-13;/h5-7,9-11H,3-4,8H2,1-2H3;1H. The normalized spacial score (nSPS) is 16.6. The maximum atomic E-state index is 4.66. The summed E-state index contributed by atoms with van der Waals surface area (Å²) in [4.78, 5) is 7.07. The van der Waals surface area contributed by atoms with Crippen LogP contribution in [0, 0.1) is 5.92 Å². The zero-order valence-corrected chi connectivity index (χ0v) is 15.1. The van der Waals surface area contributed by atoms with Crippen LogP contribution in [0.1, 0.15) is 25.5 Å². The molecule has 0 amide bonds. The molecule has 1 unspecified atom stereocenters. The van der Waals surface area contributed by atoms with Crippen molar-refractivity contribution in [2.24, 2.45) is 5.92 Å². The van der Waals surface area contributed by atoms with E-state index in [-0.39, 0.29) is 24.0 Å². The van der Waals surface area contributed by atoms with Gasteiger partial charge >= 0.3 is 0 Å². The Morgan fingerprint density at radius 1 is 1.42 bits per heavy atom. The highest BCUT2D eigenvalue weighted by Gasteiger charge is 2.30. The number of halogens is 2. The Labute approximate surface area is 139 Å². The molecule has 0 aromatic carbocycles. The van der Waals surface area contributed by atoms with Gasteiger partial charge in [0.2, 0.25) is 0 Å². The summed E-state index contributed by atoms with van der Waals surface area (Å²) in [7, 11) is 2.20. The van der Waals surface area contributed by atoms with Crippen LogP contribution < -0.4 is 0 Å². The first kappa shape index (κ1) is 15.3. The lowest BCUT2D eigenvalue weighted by Gasteiger charge is -2.23. The summed E-state index contributed by atoms with van der Waals surface area (Å²) in [5.74, 6) is 0.904. The molecule has 0 spiro atoms. The van der Waals surface area contributed by atoms with Gasteiger partial charge in [0.05, 0.1) is 5.69 Å². The number of nitrogens with zero attached hydrogens (tertiary/aromatic N) is 3. The van der Waals surface area contributed by atoms with Gasteiger partial charge in [-0.1, -0.05) is 0 Å². The van der Waals surface area contributed by atoms with Crippen LogP contribution in [0.2, 0.25) is 0 Å². The predicted octanol–water partition coefficient (Wildman–Crippen LogP) is 3.95. The Morgan fingerprint density at radius 2 is 2.16 bits per heavy atom. The largest absolute Gasteiger partial charge is 0.306 e. The van der Waals surface area contributed by atoms with Crippen LogP contribution in [-0.2, 0) is 6.54 Å². The smallest absolute Gasteiger partial charge is 0.137 e. The second kappa shape index (κ2) is 6.10. The highest BCUT2D eigenvalue weighted by molar-refractivity contribution is 14.0. The molecule has 3 rings (SSSR count). The van der Waals surface area contributed by atoms with Gasteiger partial charge in [-0.15, -0.1) is 24.0 Å². The fourth-order valence-corrected chi connectivity index (χ4v) is 2.78. The number of imidazole rings is 1. The van der Waals surface area contributed by atoms with Crippen molar-refractivity contribution in [2.75, 3.05) is 7.05 Å². The first-order valence-corrected chi connectivity index (χ1v) is 7.26. The van der Waals surface area contributed by atoms with Crippen molar-refractivity contribution in [1.29, 1.82) is 0 Å². The van der Waals surface area contributed by atoms with Crippen molar-refractivity contribution in [1.82, 2.24) is 14.3 Å². The fraction of sp³-hybridized carbons (Fsp3) is 0.500. The minimum atomic E-state index is 0. The summed E-state index contributed by atoms with van der Waals surface area (Å²) in [6, 6.07) is 4.74. The molecule has 0 bridgehead atoms. The molecule has 0 aliphatic heterocycles. The number of aromatic nitrogens is 2. The molecule has 1 fully saturated rings. The third kappa shape index (κ3) is 3.49. The minimum Gasteiger partial charge on any atom is -0.306 e. The average Bonchev–Trinajstić information content (AvgIpc) is 3.10. The van der Waals surface area contributed by atoms with E-state index in [1.54, 1.807) is 0 Å². The highest BCUT2D eigenvalue weighted by atomic mass is 127. The van der Waals surface area contributed by atoms with Crippen LogP contribution in [0.3, 0.4) is 0 Å². The summed E-state index contributed by atoms with van der Waals surface area (Å²) in [6.07, 6.45) is 6.96. The molecule has 5 heteroatoms. The molecule has 1 atom stereocenters. The predicted molar refractivity (Wildman–Crippen MR) is 92.0 cm³/mol. The Kier molecular flexibility index (Phi) is 4.89. The van der Waals surface area contributed by atoms with Crippen molar-refractivity contribution < 1.29 is 0 Å². The van der Waals surface area contributed by atoms with Gasteiger partial charge in [-0.3, -0.25) is 4.90 Å². The van der Waals surface area contributed by atoms with E-state index in [1.165, 1.54) is 12.8 Å². The molecule has 104 valence electrons. The van der Waals surface area contributed by atoms with Gasteiger partial charge in [-0.25, -0.2) is 4.98 Å². The second-order valence-corrected chi connectivity index (χ2v) is 6.25. The first-order chi connectivity index (χ1) is 8.63. The number of fused-ring (bicyclic) bond motifs is 1. The Morgan fingerprint density at radius 3 is 2.84 bits per heavy atom. The monoisotopic (exact) mass is 435 g/mol. The van der Waals surface area contributed by atoms with Crippen molar-refractivity contribution >= 4 is 45.6 Å². The third-order valence-corrected chi connectivity index (χ3v) is 4.34. The molecule has 1 aliphatic rings. The van der Waals surface area contributed by atoms with Gasteiger partial charge in [0.25, 0.3) is 0 Å². The molecular formula is C14H19BrIN3. The topological polar surface area (TPSA) is 20.5 Å². The number of hydrogen-bond acceptors (Lipinski definition) is 2. The van der Waals surface area contributed by atoms with Gasteiger partial charge < -0.3 is 4.40 Å². The summed E-state index contributed by atoms with van der Waals surface area (Å²) < 4.78 is 3.16. The van der Waals surface area contributed by atoms with E-state index >= 15 is 0 Å². The van der Waals surface area contributed by atoms with Crippen molar-refractivity contribution in [2.45, 2.75) is 32.4 Å². The SMILES string of the molecule is CC(C1CC1)N(C)Cc1cn2cc(Br)ccc2n1.I. The molecule has 1 aliphatic carbocycles. The fourth-order valence-electron chi connectivity index (χ4n) is 2.43.